The number of thioether (sulfide) groups is 1. The fraction of sp³-hybridized carbons (Fsp3) is 0.722. The second kappa shape index (κ2) is 6.27. The Bertz CT molecular complexity index is 690. The number of rotatable bonds is 4. The van der Waals surface area contributed by atoms with Gasteiger partial charge in [0.05, 0.1) is 18.1 Å². The molecule has 0 radical (unpaired) electrons. The van der Waals surface area contributed by atoms with E-state index in [-0.39, 0.29) is 34.7 Å². The van der Waals surface area contributed by atoms with E-state index in [2.05, 4.69) is 0 Å². The molecule has 3 aliphatic heterocycles. The van der Waals surface area contributed by atoms with Gasteiger partial charge in [-0.2, -0.15) is 0 Å². The molecular formula is C18H26N2O5S. The maximum Gasteiger partial charge on any atom is 0.353 e. The van der Waals surface area contributed by atoms with Crippen molar-refractivity contribution in [2.45, 2.75) is 52.0 Å². The largest absolute Gasteiger partial charge is 0.477 e. The van der Waals surface area contributed by atoms with Crippen LogP contribution in [0.25, 0.3) is 0 Å². The molecule has 2 fully saturated rings. The van der Waals surface area contributed by atoms with Gasteiger partial charge in [0.15, 0.2) is 0 Å². The molecule has 8 heteroatoms. The van der Waals surface area contributed by atoms with Crippen molar-refractivity contribution in [2.75, 3.05) is 13.1 Å². The van der Waals surface area contributed by atoms with Crippen LogP contribution in [0.4, 0.5) is 0 Å². The second-order valence-corrected chi connectivity index (χ2v) is 9.81. The van der Waals surface area contributed by atoms with Gasteiger partial charge in [-0.3, -0.25) is 9.59 Å². The number of likely N-dealkylation sites (tertiary alicyclic amines) is 1. The van der Waals surface area contributed by atoms with Crippen LogP contribution in [0.5, 0.6) is 0 Å². The van der Waals surface area contributed by atoms with E-state index in [4.69, 9.17) is 0 Å². The summed E-state index contributed by atoms with van der Waals surface area (Å²) in [6.07, 6.45) is -0.797. The number of carboxylic acids is 1. The van der Waals surface area contributed by atoms with Gasteiger partial charge in [-0.15, -0.1) is 11.8 Å². The first-order chi connectivity index (χ1) is 11.9. The van der Waals surface area contributed by atoms with Crippen LogP contribution in [0.3, 0.4) is 0 Å². The number of amides is 2. The zero-order valence-corrected chi connectivity index (χ0v) is 16.5. The number of carboxylic acid groups (broad SMARTS) is 1. The Balaban J connectivity index is 1.73. The SMILES string of the molecule is C[C@@H](O)[C@H]1C(=O)N2C(C(=O)O)=C(SC3CN(C(=O)C(C)(C)C)C3)[C@H](C)[C@H]12. The average molecular weight is 382 g/mol. The van der Waals surface area contributed by atoms with Crippen molar-refractivity contribution in [3.05, 3.63) is 10.6 Å². The first-order valence-corrected chi connectivity index (χ1v) is 9.77. The molecule has 0 saturated carbocycles. The summed E-state index contributed by atoms with van der Waals surface area (Å²) in [5.74, 6) is -2.01. The highest BCUT2D eigenvalue weighted by atomic mass is 32.2. The Morgan fingerprint density at radius 2 is 1.85 bits per heavy atom. The minimum atomic E-state index is -1.11. The maximum atomic E-state index is 12.3. The maximum absolute atomic E-state index is 12.3. The van der Waals surface area contributed by atoms with Crippen LogP contribution in [0.15, 0.2) is 10.6 Å². The van der Waals surface area contributed by atoms with Crippen LogP contribution in [0.1, 0.15) is 34.6 Å². The Kier molecular flexibility index (Phi) is 4.63. The quantitative estimate of drug-likeness (QED) is 0.708. The normalized spacial score (nSPS) is 30.1. The summed E-state index contributed by atoms with van der Waals surface area (Å²) in [4.78, 5) is 40.2. The lowest BCUT2D eigenvalue weighted by Crippen LogP contribution is -2.63. The molecule has 2 amide bonds. The van der Waals surface area contributed by atoms with Crippen LogP contribution in [-0.2, 0) is 14.4 Å². The lowest BCUT2D eigenvalue weighted by molar-refractivity contribution is -0.163. The highest BCUT2D eigenvalue weighted by Crippen LogP contribution is 2.52. The first-order valence-electron chi connectivity index (χ1n) is 8.89. The van der Waals surface area contributed by atoms with Crippen molar-refractivity contribution in [1.29, 1.82) is 0 Å². The van der Waals surface area contributed by atoms with Crippen molar-refractivity contribution < 1.29 is 24.6 Å². The number of aliphatic hydroxyl groups is 1. The van der Waals surface area contributed by atoms with E-state index in [1.54, 1.807) is 11.8 Å². The van der Waals surface area contributed by atoms with E-state index in [1.165, 1.54) is 16.7 Å². The van der Waals surface area contributed by atoms with Gasteiger partial charge in [-0.1, -0.05) is 27.7 Å². The van der Waals surface area contributed by atoms with Gasteiger partial charge in [0, 0.05) is 34.6 Å². The molecule has 0 unspecified atom stereocenters. The molecule has 0 spiro atoms. The lowest BCUT2D eigenvalue weighted by Gasteiger charge is -2.46. The zero-order chi connectivity index (χ0) is 19.5. The average Bonchev–Trinajstić information content (AvgIpc) is 2.70. The standard InChI is InChI=1S/C18H26N2O5S/c1-8-12-11(9(2)21)15(22)20(12)13(16(23)24)14(8)26-10-6-19(7-10)17(25)18(3,4)5/h8-12,21H,6-7H2,1-5H3,(H,23,24)/t8-,9-,11-,12-/m1/s1. The number of hydrogen-bond donors (Lipinski definition) is 2. The number of β-lactam (4-membered cyclic amide) rings is 1. The highest BCUT2D eigenvalue weighted by Gasteiger charge is 2.60. The molecule has 7 nitrogen and oxygen atoms in total. The minimum absolute atomic E-state index is 0.0509. The van der Waals surface area contributed by atoms with Crippen molar-refractivity contribution in [3.63, 3.8) is 0 Å². The van der Waals surface area contributed by atoms with Gasteiger partial charge >= 0.3 is 5.97 Å². The summed E-state index contributed by atoms with van der Waals surface area (Å²) in [5, 5.41) is 19.6. The van der Waals surface area contributed by atoms with E-state index in [0.29, 0.717) is 18.0 Å². The van der Waals surface area contributed by atoms with Crippen LogP contribution >= 0.6 is 11.8 Å². The van der Waals surface area contributed by atoms with Crippen LogP contribution in [0, 0.1) is 17.3 Å². The number of aliphatic hydroxyl groups excluding tert-OH is 1. The van der Waals surface area contributed by atoms with Gasteiger partial charge in [0.1, 0.15) is 5.70 Å². The summed E-state index contributed by atoms with van der Waals surface area (Å²) >= 11 is 1.46. The molecule has 0 aliphatic carbocycles. The van der Waals surface area contributed by atoms with Crippen molar-refractivity contribution >= 4 is 29.5 Å². The van der Waals surface area contributed by atoms with E-state index < -0.39 is 23.4 Å². The summed E-state index contributed by atoms with van der Waals surface area (Å²) in [7, 11) is 0. The number of carbonyl (C=O) groups excluding carboxylic acids is 2. The zero-order valence-electron chi connectivity index (χ0n) is 15.7. The van der Waals surface area contributed by atoms with Crippen molar-refractivity contribution in [1.82, 2.24) is 9.80 Å². The van der Waals surface area contributed by atoms with Gasteiger partial charge in [-0.05, 0) is 6.92 Å². The van der Waals surface area contributed by atoms with E-state index >= 15 is 0 Å². The number of fused-ring (bicyclic) bond motifs is 1. The molecule has 2 N–H and O–H groups in total. The van der Waals surface area contributed by atoms with Gasteiger partial charge < -0.3 is 20.0 Å². The van der Waals surface area contributed by atoms with Gasteiger partial charge in [-0.25, -0.2) is 4.79 Å². The van der Waals surface area contributed by atoms with Crippen LogP contribution in [-0.4, -0.2) is 68.3 Å². The second-order valence-electron chi connectivity index (χ2n) is 8.47. The summed E-state index contributed by atoms with van der Waals surface area (Å²) < 4.78 is 0. The summed E-state index contributed by atoms with van der Waals surface area (Å²) in [6.45, 7) is 10.3. The van der Waals surface area contributed by atoms with E-state index in [1.807, 2.05) is 27.7 Å². The number of nitrogens with zero attached hydrogens (tertiary/aromatic N) is 2. The third-order valence-corrected chi connectivity index (χ3v) is 6.83. The predicted octanol–water partition coefficient (Wildman–Crippen LogP) is 1.13. The molecule has 144 valence electrons. The Hall–Kier alpha value is -1.54. The Labute approximate surface area is 157 Å². The molecular weight excluding hydrogens is 356 g/mol. The smallest absolute Gasteiger partial charge is 0.353 e. The number of aliphatic carboxylic acids is 1. The molecule has 26 heavy (non-hydrogen) atoms. The van der Waals surface area contributed by atoms with Gasteiger partial charge in [0.2, 0.25) is 11.8 Å². The lowest BCUT2D eigenvalue weighted by atomic mass is 9.79. The van der Waals surface area contributed by atoms with Gasteiger partial charge in [0.25, 0.3) is 0 Å². The third kappa shape index (κ3) is 2.83. The molecule has 3 aliphatic rings. The Morgan fingerprint density at radius 3 is 2.31 bits per heavy atom. The molecule has 3 heterocycles. The van der Waals surface area contributed by atoms with Crippen molar-refractivity contribution in [3.8, 4) is 0 Å². The summed E-state index contributed by atoms with van der Waals surface area (Å²) in [5.41, 5.74) is -0.376. The fourth-order valence-corrected chi connectivity index (χ4v) is 5.53. The highest BCUT2D eigenvalue weighted by molar-refractivity contribution is 8.03. The first kappa shape index (κ1) is 19.2. The molecule has 0 aromatic heterocycles. The molecule has 0 aromatic carbocycles. The molecule has 2 saturated heterocycles. The third-order valence-electron chi connectivity index (χ3n) is 5.38. The molecule has 3 rings (SSSR count). The Morgan fingerprint density at radius 1 is 1.27 bits per heavy atom. The fourth-order valence-electron chi connectivity index (χ4n) is 4.01. The minimum Gasteiger partial charge on any atom is -0.477 e. The molecule has 4 atom stereocenters. The molecule has 0 bridgehead atoms. The van der Waals surface area contributed by atoms with Crippen LogP contribution < -0.4 is 0 Å². The molecule has 0 aromatic rings. The van der Waals surface area contributed by atoms with E-state index in [0.717, 1.165) is 0 Å². The van der Waals surface area contributed by atoms with E-state index in [9.17, 15) is 24.6 Å². The van der Waals surface area contributed by atoms with Crippen molar-refractivity contribution in [2.24, 2.45) is 17.3 Å². The monoisotopic (exact) mass is 382 g/mol. The van der Waals surface area contributed by atoms with Crippen LogP contribution in [0.2, 0.25) is 0 Å². The number of hydrogen-bond acceptors (Lipinski definition) is 5. The summed E-state index contributed by atoms with van der Waals surface area (Å²) in [6, 6.07) is -0.288. The number of carbonyl (C=O) groups is 3. The topological polar surface area (TPSA) is 98.2 Å². The predicted molar refractivity (Wildman–Crippen MR) is 97.0 cm³/mol.